The Hall–Kier alpha value is 0.534. The molecule has 0 aromatic rings. The Bertz CT molecular complexity index is 274. The Morgan fingerprint density at radius 2 is 1.67 bits per heavy atom. The number of nitrogens with one attached hydrogen (secondary N) is 1. The molecule has 2 unspecified atom stereocenters. The topological polar surface area (TPSA) is 43.2 Å². The summed E-state index contributed by atoms with van der Waals surface area (Å²) >= 11 is 0. The molecule has 0 aromatic carbocycles. The Kier molecular flexibility index (Phi) is 14.7. The van der Waals surface area contributed by atoms with Gasteiger partial charge in [0.2, 0.25) is 0 Å². The van der Waals surface area contributed by atoms with Crippen molar-refractivity contribution in [2.75, 3.05) is 20.1 Å². The molecule has 123 valence electrons. The summed E-state index contributed by atoms with van der Waals surface area (Å²) in [5, 5.41) is 7.23. The van der Waals surface area contributed by atoms with Crippen LogP contribution in [0.15, 0.2) is 0 Å². The van der Waals surface area contributed by atoms with Crippen LogP contribution in [0.3, 0.4) is 0 Å². The van der Waals surface area contributed by atoms with Crippen LogP contribution in [-0.4, -0.2) is 26.0 Å². The van der Waals surface area contributed by atoms with Crippen LogP contribution in [0.25, 0.3) is 5.32 Å². The fourth-order valence-corrected chi connectivity index (χ4v) is 3.59. The van der Waals surface area contributed by atoms with Crippen LogP contribution in [0.1, 0.15) is 47.5 Å². The molecule has 1 amide bonds. The predicted molar refractivity (Wildman–Crippen MR) is 87.6 cm³/mol. The zero-order valence-electron chi connectivity index (χ0n) is 14.9. The zero-order chi connectivity index (χ0) is 15.7. The maximum Gasteiger partial charge on any atom is 0.0557 e. The molecule has 4 heteroatoms. The molecule has 1 N–H and O–H groups in total. The maximum atomic E-state index is 11.8. The molecule has 1 aliphatic heterocycles. The van der Waals surface area contributed by atoms with E-state index in [4.69, 9.17) is 0 Å². The van der Waals surface area contributed by atoms with Gasteiger partial charge in [-0.25, -0.2) is 0 Å². The monoisotopic (exact) mass is 371 g/mol. The molecular weight excluding hydrogens is 337 g/mol. The van der Waals surface area contributed by atoms with Gasteiger partial charge in [-0.3, -0.25) is 0 Å². The van der Waals surface area contributed by atoms with Gasteiger partial charge in [-0.05, 0) is 36.6 Å². The first-order valence-electron chi connectivity index (χ1n) is 8.20. The van der Waals surface area contributed by atoms with Gasteiger partial charge in [-0.2, -0.15) is 6.92 Å². The molecule has 0 aromatic heterocycles. The number of carbonyl (C=O) groups excluding carboxylic acids is 1. The predicted octanol–water partition coefficient (Wildman–Crippen LogP) is 3.90. The number of amides is 1. The van der Waals surface area contributed by atoms with Gasteiger partial charge in [0.05, 0.1) is 5.91 Å². The quantitative estimate of drug-likeness (QED) is 0.748. The minimum Gasteiger partial charge on any atom is -0.656 e. The SMILES string of the molecule is CC.C[N-]C(=O)C1CNCC1[C@H]1CC[C@@H](C)[C@H]1C.[CH2-]C.[Y]. The van der Waals surface area contributed by atoms with Crippen LogP contribution in [-0.2, 0) is 37.5 Å². The van der Waals surface area contributed by atoms with Gasteiger partial charge < -0.3 is 22.4 Å². The minimum absolute atomic E-state index is 0. The third-order valence-electron chi connectivity index (χ3n) is 4.88. The molecule has 1 aliphatic carbocycles. The summed E-state index contributed by atoms with van der Waals surface area (Å²) in [6.07, 6.45) is 2.62. The van der Waals surface area contributed by atoms with E-state index in [2.05, 4.69) is 31.4 Å². The van der Waals surface area contributed by atoms with Crippen LogP contribution >= 0.6 is 0 Å². The molecule has 1 heterocycles. The van der Waals surface area contributed by atoms with Gasteiger partial charge in [0, 0.05) is 45.2 Å². The summed E-state index contributed by atoms with van der Waals surface area (Å²) in [7, 11) is 1.62. The largest absolute Gasteiger partial charge is 0.656 e. The van der Waals surface area contributed by atoms with E-state index in [9.17, 15) is 4.79 Å². The average molecular weight is 371 g/mol. The molecule has 21 heavy (non-hydrogen) atoms. The van der Waals surface area contributed by atoms with Crippen molar-refractivity contribution in [2.45, 2.75) is 47.5 Å². The molecular formula is C17H34N2OY-2. The number of hydrogen-bond acceptors (Lipinski definition) is 2. The summed E-state index contributed by atoms with van der Waals surface area (Å²) in [6, 6.07) is 0. The Morgan fingerprint density at radius 3 is 2.10 bits per heavy atom. The fraction of sp³-hybridized carbons (Fsp3) is 0.882. The second kappa shape index (κ2) is 13.0. The van der Waals surface area contributed by atoms with Gasteiger partial charge in [-0.15, -0.1) is 7.05 Å². The fourth-order valence-electron chi connectivity index (χ4n) is 3.59. The van der Waals surface area contributed by atoms with Crippen molar-refractivity contribution in [3.05, 3.63) is 12.2 Å². The van der Waals surface area contributed by atoms with Crippen LogP contribution in [0.4, 0.5) is 0 Å². The summed E-state index contributed by atoms with van der Waals surface area (Å²) in [5.41, 5.74) is 0. The van der Waals surface area contributed by atoms with Crippen molar-refractivity contribution >= 4 is 5.91 Å². The Morgan fingerprint density at radius 1 is 1.10 bits per heavy atom. The van der Waals surface area contributed by atoms with Crippen LogP contribution in [0, 0.1) is 36.5 Å². The van der Waals surface area contributed by atoms with Crippen LogP contribution in [0.2, 0.25) is 0 Å². The van der Waals surface area contributed by atoms with Crippen molar-refractivity contribution in [1.82, 2.24) is 5.32 Å². The average Bonchev–Trinajstić information content (AvgIpc) is 3.10. The van der Waals surface area contributed by atoms with Crippen molar-refractivity contribution in [3.8, 4) is 0 Å². The van der Waals surface area contributed by atoms with Gasteiger partial charge >= 0.3 is 0 Å². The van der Waals surface area contributed by atoms with Gasteiger partial charge in [0.1, 0.15) is 0 Å². The molecule has 2 fully saturated rings. The summed E-state index contributed by atoms with van der Waals surface area (Å²) < 4.78 is 0. The van der Waals surface area contributed by atoms with Gasteiger partial charge in [0.15, 0.2) is 0 Å². The second-order valence-electron chi connectivity index (χ2n) is 5.57. The molecule has 0 spiro atoms. The third-order valence-corrected chi connectivity index (χ3v) is 4.88. The normalized spacial score (nSPS) is 33.8. The van der Waals surface area contributed by atoms with E-state index in [1.54, 1.807) is 14.0 Å². The third kappa shape index (κ3) is 6.27. The zero-order valence-corrected chi connectivity index (χ0v) is 17.7. The van der Waals surface area contributed by atoms with Gasteiger partial charge in [-0.1, -0.05) is 34.1 Å². The van der Waals surface area contributed by atoms with E-state index < -0.39 is 0 Å². The van der Waals surface area contributed by atoms with Crippen molar-refractivity contribution in [2.24, 2.45) is 29.6 Å². The number of carbonyl (C=O) groups is 1. The first-order chi connectivity index (χ1) is 9.65. The minimum atomic E-state index is 0. The maximum absolute atomic E-state index is 11.8. The van der Waals surface area contributed by atoms with Crippen LogP contribution < -0.4 is 5.32 Å². The van der Waals surface area contributed by atoms with E-state index in [-0.39, 0.29) is 44.5 Å². The molecule has 3 nitrogen and oxygen atoms in total. The number of nitrogens with zero attached hydrogens (tertiary/aromatic N) is 1. The van der Waals surface area contributed by atoms with E-state index in [1.807, 2.05) is 13.8 Å². The van der Waals surface area contributed by atoms with E-state index in [0.29, 0.717) is 5.92 Å². The summed E-state index contributed by atoms with van der Waals surface area (Å²) in [6.45, 7) is 15.5. The molecule has 2 aliphatic rings. The first kappa shape index (κ1) is 23.8. The standard InChI is InChI=1S/C13H24N2O.C2H6.C2H5.Y/c1-8-4-5-10(9(8)2)11-6-15-7-12(11)13(16)14-3;2*1-2;/h8-12,15H,4-7H2,1-3H3,(H,14,16);1-2H3;1H2,2H3;/q;;-1;/p-1/t8-,9-,10+,11?,12?;;;/m1.../s1. The van der Waals surface area contributed by atoms with Crippen molar-refractivity contribution in [1.29, 1.82) is 0 Å². The molecule has 5 atom stereocenters. The van der Waals surface area contributed by atoms with Gasteiger partial charge in [0.25, 0.3) is 0 Å². The smallest absolute Gasteiger partial charge is 0.0557 e. The van der Waals surface area contributed by atoms with Crippen molar-refractivity contribution in [3.63, 3.8) is 0 Å². The molecule has 1 radical (unpaired) electrons. The molecule has 2 rings (SSSR count). The molecule has 0 bridgehead atoms. The molecule has 1 saturated carbocycles. The van der Waals surface area contributed by atoms with E-state index in [0.717, 1.165) is 30.8 Å². The number of hydrogen-bond donors (Lipinski definition) is 1. The summed E-state index contributed by atoms with van der Waals surface area (Å²) in [4.78, 5) is 11.8. The van der Waals surface area contributed by atoms with E-state index in [1.165, 1.54) is 12.8 Å². The Balaban J connectivity index is 0. The second-order valence-corrected chi connectivity index (χ2v) is 5.57. The van der Waals surface area contributed by atoms with E-state index >= 15 is 0 Å². The molecule has 1 saturated heterocycles. The van der Waals surface area contributed by atoms with Crippen molar-refractivity contribution < 1.29 is 37.5 Å². The Labute approximate surface area is 157 Å². The number of rotatable bonds is 2. The summed E-state index contributed by atoms with van der Waals surface area (Å²) in [5.74, 6) is 3.07. The van der Waals surface area contributed by atoms with Crippen LogP contribution in [0.5, 0.6) is 0 Å². The first-order valence-corrected chi connectivity index (χ1v) is 8.20.